The topological polar surface area (TPSA) is 75.6 Å². The lowest BCUT2D eigenvalue weighted by atomic mass is 9.39. The second-order valence-electron chi connectivity index (χ2n) is 5.58. The Kier molecular flexibility index (Phi) is 2.52. The van der Waals surface area contributed by atoms with Crippen LogP contribution in [0.25, 0.3) is 0 Å². The molecule has 100 valence electrons. The molecule has 0 spiro atoms. The number of rotatable bonds is 4. The third-order valence-corrected chi connectivity index (χ3v) is 4.06. The highest BCUT2D eigenvalue weighted by molar-refractivity contribution is 5.82. The molecular weight excluding hydrogens is 246 g/mol. The molecule has 5 heteroatoms. The van der Waals surface area contributed by atoms with Crippen molar-refractivity contribution in [3.05, 3.63) is 35.9 Å². The maximum absolute atomic E-state index is 11.6. The summed E-state index contributed by atoms with van der Waals surface area (Å²) in [6, 6.07) is 9.43. The van der Waals surface area contributed by atoms with Gasteiger partial charge >= 0.3 is 12.1 Å². The molecule has 1 aromatic rings. The summed E-state index contributed by atoms with van der Waals surface area (Å²) < 4.78 is 5.12. The average molecular weight is 261 g/mol. The Morgan fingerprint density at radius 2 is 1.84 bits per heavy atom. The molecule has 3 saturated carbocycles. The summed E-state index contributed by atoms with van der Waals surface area (Å²) in [5, 5.41) is 11.8. The van der Waals surface area contributed by atoms with E-state index in [0.29, 0.717) is 19.3 Å². The highest BCUT2D eigenvalue weighted by Crippen LogP contribution is 2.67. The predicted molar refractivity (Wildman–Crippen MR) is 66.4 cm³/mol. The van der Waals surface area contributed by atoms with Crippen molar-refractivity contribution in [1.82, 2.24) is 5.32 Å². The number of alkyl carbamates (subject to hydrolysis) is 1. The first-order valence-electron chi connectivity index (χ1n) is 6.26. The molecular formula is C14H15NO4. The molecule has 3 aliphatic carbocycles. The fourth-order valence-corrected chi connectivity index (χ4v) is 3.12. The molecule has 0 atom stereocenters. The van der Waals surface area contributed by atoms with Crippen molar-refractivity contribution in [1.29, 1.82) is 0 Å². The second-order valence-corrected chi connectivity index (χ2v) is 5.58. The Labute approximate surface area is 110 Å². The Balaban J connectivity index is 1.46. The van der Waals surface area contributed by atoms with Gasteiger partial charge < -0.3 is 15.2 Å². The molecule has 19 heavy (non-hydrogen) atoms. The number of aliphatic carboxylic acids is 1. The highest BCUT2D eigenvalue weighted by atomic mass is 16.5. The Bertz CT molecular complexity index is 506. The van der Waals surface area contributed by atoms with Crippen LogP contribution in [0, 0.1) is 5.41 Å². The van der Waals surface area contributed by atoms with Crippen molar-refractivity contribution in [2.75, 3.05) is 0 Å². The van der Waals surface area contributed by atoms with Crippen LogP contribution >= 0.6 is 0 Å². The van der Waals surface area contributed by atoms with E-state index in [0.717, 1.165) is 5.56 Å². The minimum atomic E-state index is -0.756. The van der Waals surface area contributed by atoms with Gasteiger partial charge in [0.05, 0.1) is 5.41 Å². The molecule has 3 aliphatic rings. The lowest BCUT2D eigenvalue weighted by Crippen LogP contribution is -2.77. The average Bonchev–Trinajstić information content (AvgIpc) is 2.30. The van der Waals surface area contributed by atoms with Crippen molar-refractivity contribution in [3.63, 3.8) is 0 Å². The lowest BCUT2D eigenvalue weighted by Gasteiger charge is -2.67. The van der Waals surface area contributed by atoms with Crippen LogP contribution in [0.1, 0.15) is 24.8 Å². The van der Waals surface area contributed by atoms with Gasteiger partial charge in [0.2, 0.25) is 0 Å². The van der Waals surface area contributed by atoms with E-state index in [1.165, 1.54) is 0 Å². The maximum atomic E-state index is 11.6. The summed E-state index contributed by atoms with van der Waals surface area (Å²) in [7, 11) is 0. The summed E-state index contributed by atoms with van der Waals surface area (Å²) in [5.74, 6) is -0.756. The number of amides is 1. The SMILES string of the molecule is O=C(NC12CC(C(=O)O)(C1)C2)OCc1ccccc1. The third-order valence-electron chi connectivity index (χ3n) is 4.06. The van der Waals surface area contributed by atoms with Crippen molar-refractivity contribution in [3.8, 4) is 0 Å². The highest BCUT2D eigenvalue weighted by Gasteiger charge is 2.72. The zero-order valence-electron chi connectivity index (χ0n) is 10.4. The Morgan fingerprint density at radius 1 is 1.21 bits per heavy atom. The molecule has 5 nitrogen and oxygen atoms in total. The summed E-state index contributed by atoms with van der Waals surface area (Å²) in [5.41, 5.74) is 0.0241. The monoisotopic (exact) mass is 261 g/mol. The third kappa shape index (κ3) is 1.95. The predicted octanol–water partition coefficient (Wildman–Crippen LogP) is 1.92. The second kappa shape index (κ2) is 3.98. The van der Waals surface area contributed by atoms with Crippen LogP contribution in [0.15, 0.2) is 30.3 Å². The van der Waals surface area contributed by atoms with Crippen molar-refractivity contribution >= 4 is 12.1 Å². The van der Waals surface area contributed by atoms with Crippen molar-refractivity contribution in [2.24, 2.45) is 5.41 Å². The summed E-state index contributed by atoms with van der Waals surface area (Å²) in [6.07, 6.45) is 1.10. The van der Waals surface area contributed by atoms with E-state index in [1.54, 1.807) is 0 Å². The van der Waals surface area contributed by atoms with Gasteiger partial charge in [-0.2, -0.15) is 0 Å². The zero-order valence-corrected chi connectivity index (χ0v) is 10.4. The van der Waals surface area contributed by atoms with E-state index < -0.39 is 17.5 Å². The molecule has 0 aliphatic heterocycles. The van der Waals surface area contributed by atoms with Gasteiger partial charge in [0, 0.05) is 5.54 Å². The molecule has 1 aromatic carbocycles. The molecule has 3 fully saturated rings. The molecule has 2 N–H and O–H groups in total. The van der Waals surface area contributed by atoms with Crippen molar-refractivity contribution in [2.45, 2.75) is 31.4 Å². The van der Waals surface area contributed by atoms with Gasteiger partial charge in [-0.25, -0.2) is 4.79 Å². The first-order chi connectivity index (χ1) is 9.04. The van der Waals surface area contributed by atoms with Crippen LogP contribution in [0.4, 0.5) is 4.79 Å². The number of ether oxygens (including phenoxy) is 1. The van der Waals surface area contributed by atoms with E-state index in [2.05, 4.69) is 5.32 Å². The molecule has 4 rings (SSSR count). The van der Waals surface area contributed by atoms with Crippen LogP contribution < -0.4 is 5.32 Å². The van der Waals surface area contributed by atoms with Crippen molar-refractivity contribution < 1.29 is 19.4 Å². The van der Waals surface area contributed by atoms with E-state index in [4.69, 9.17) is 9.84 Å². The smallest absolute Gasteiger partial charge is 0.407 e. The number of hydrogen-bond acceptors (Lipinski definition) is 3. The molecule has 0 heterocycles. The van der Waals surface area contributed by atoms with Crippen LogP contribution in [-0.2, 0) is 16.1 Å². The standard InChI is InChI=1S/C14H15NO4/c16-11(17)13-7-14(8-13,9-13)15-12(18)19-6-10-4-2-1-3-5-10/h1-5H,6-9H2,(H,15,18)(H,16,17). The lowest BCUT2D eigenvalue weighted by molar-refractivity contribution is -0.197. The fourth-order valence-electron chi connectivity index (χ4n) is 3.12. The van der Waals surface area contributed by atoms with E-state index in [1.807, 2.05) is 30.3 Å². The summed E-state index contributed by atoms with van der Waals surface area (Å²) >= 11 is 0. The first-order valence-corrected chi connectivity index (χ1v) is 6.26. The van der Waals surface area contributed by atoms with Gasteiger partial charge in [0.1, 0.15) is 6.61 Å². The number of carbonyl (C=O) groups excluding carboxylic acids is 1. The number of carbonyl (C=O) groups is 2. The molecule has 1 amide bonds. The molecule has 0 unspecified atom stereocenters. The zero-order chi connectivity index (χ0) is 13.5. The van der Waals surface area contributed by atoms with E-state index in [-0.39, 0.29) is 12.1 Å². The summed E-state index contributed by atoms with van der Waals surface area (Å²) in [4.78, 5) is 22.6. The van der Waals surface area contributed by atoms with E-state index >= 15 is 0 Å². The molecule has 0 aromatic heterocycles. The van der Waals surface area contributed by atoms with E-state index in [9.17, 15) is 9.59 Å². The Hall–Kier alpha value is -2.04. The molecule has 0 radical (unpaired) electrons. The number of carboxylic acid groups (broad SMARTS) is 1. The Morgan fingerprint density at radius 3 is 2.42 bits per heavy atom. The number of carboxylic acids is 1. The molecule has 2 bridgehead atoms. The van der Waals surface area contributed by atoms with Crippen LogP contribution in [0.2, 0.25) is 0 Å². The minimum Gasteiger partial charge on any atom is -0.481 e. The van der Waals surface area contributed by atoms with Gasteiger partial charge in [-0.05, 0) is 24.8 Å². The van der Waals surface area contributed by atoms with Crippen LogP contribution in [-0.4, -0.2) is 22.7 Å². The van der Waals surface area contributed by atoms with Crippen LogP contribution in [0.5, 0.6) is 0 Å². The molecule has 0 saturated heterocycles. The number of benzene rings is 1. The van der Waals surface area contributed by atoms with Gasteiger partial charge in [0.25, 0.3) is 0 Å². The number of hydrogen-bond donors (Lipinski definition) is 2. The van der Waals surface area contributed by atoms with Gasteiger partial charge in [-0.3, -0.25) is 4.79 Å². The maximum Gasteiger partial charge on any atom is 0.407 e. The van der Waals surface area contributed by atoms with Gasteiger partial charge in [-0.1, -0.05) is 30.3 Å². The fraction of sp³-hybridized carbons (Fsp3) is 0.429. The summed E-state index contributed by atoms with van der Waals surface area (Å²) in [6.45, 7) is 0.229. The normalized spacial score (nSPS) is 30.7. The quantitative estimate of drug-likeness (QED) is 0.868. The van der Waals surface area contributed by atoms with Gasteiger partial charge in [-0.15, -0.1) is 0 Å². The van der Waals surface area contributed by atoms with Gasteiger partial charge in [0.15, 0.2) is 0 Å². The largest absolute Gasteiger partial charge is 0.481 e. The number of nitrogens with one attached hydrogen (secondary N) is 1. The minimum absolute atomic E-state index is 0.229. The first kappa shape index (κ1) is 12.0. The van der Waals surface area contributed by atoms with Crippen LogP contribution in [0.3, 0.4) is 0 Å².